The molecule has 0 radical (unpaired) electrons. The van der Waals surface area contributed by atoms with Gasteiger partial charge in [-0.1, -0.05) is 0 Å². The Labute approximate surface area is 193 Å². The number of benzene rings is 2. The van der Waals surface area contributed by atoms with Crippen LogP contribution in [0.1, 0.15) is 0 Å². The summed E-state index contributed by atoms with van der Waals surface area (Å²) in [5.74, 6) is 2.32. The summed E-state index contributed by atoms with van der Waals surface area (Å²) in [6.45, 7) is 0. The first-order valence-electron chi connectivity index (χ1n) is 5.33. The van der Waals surface area contributed by atoms with Crippen LogP contribution in [0.3, 0.4) is 0 Å². The fourth-order valence-electron chi connectivity index (χ4n) is 1.75. The molecule has 0 amide bonds. The Morgan fingerprint density at radius 3 is 0.682 bits per heavy atom. The van der Waals surface area contributed by atoms with Crippen LogP contribution in [0, 0.1) is 0 Å². The Hall–Kier alpha value is 1.88. The highest BCUT2D eigenvalue weighted by Crippen LogP contribution is 2.61. The van der Waals surface area contributed by atoms with Crippen LogP contribution in [-0.4, -0.2) is 0 Å². The zero-order valence-corrected chi connectivity index (χ0v) is 22.5. The van der Waals surface area contributed by atoms with Crippen LogP contribution < -0.4 is 9.47 Å². The van der Waals surface area contributed by atoms with Gasteiger partial charge in [0, 0.05) is 0 Å². The second-order valence-electron chi connectivity index (χ2n) is 4.03. The first kappa shape index (κ1) is 18.7. The van der Waals surface area contributed by atoms with E-state index in [2.05, 4.69) is 127 Å². The third-order valence-corrected chi connectivity index (χ3v) is 12.2. The number of hydrogen-bond donors (Lipinski definition) is 0. The van der Waals surface area contributed by atoms with Crippen molar-refractivity contribution in [3.05, 3.63) is 35.8 Å². The minimum absolute atomic E-state index is 0.580. The lowest BCUT2D eigenvalue weighted by atomic mass is 11.2. The molecule has 0 bridgehead atoms. The van der Waals surface area contributed by atoms with Gasteiger partial charge >= 0.3 is 0 Å². The quantitative estimate of drug-likeness (QED) is 0.166. The molecular formula is C12Br8O2. The Morgan fingerprint density at radius 2 is 0.500 bits per heavy atom. The van der Waals surface area contributed by atoms with Gasteiger partial charge in [0.1, 0.15) is 0 Å². The number of rotatable bonds is 0. The van der Waals surface area contributed by atoms with E-state index >= 15 is 0 Å². The Balaban J connectivity index is 2.32. The molecule has 0 aromatic heterocycles. The molecule has 0 aliphatic carbocycles. The summed E-state index contributed by atoms with van der Waals surface area (Å²) < 4.78 is 18.5. The maximum Gasteiger partial charge on any atom is 0.186 e. The molecule has 0 unspecified atom stereocenters. The van der Waals surface area contributed by atoms with Gasteiger partial charge in [0.15, 0.2) is 23.0 Å². The smallest absolute Gasteiger partial charge is 0.186 e. The number of ether oxygens (including phenoxy) is 2. The van der Waals surface area contributed by atoms with Crippen LogP contribution >= 0.6 is 127 Å². The highest BCUT2D eigenvalue weighted by molar-refractivity contribution is 9.15. The van der Waals surface area contributed by atoms with Gasteiger partial charge < -0.3 is 9.47 Å². The average molecular weight is 827 g/mol. The molecule has 1 aliphatic rings. The van der Waals surface area contributed by atoms with Crippen LogP contribution in [0.5, 0.6) is 23.0 Å². The van der Waals surface area contributed by atoms with Gasteiger partial charge in [0.25, 0.3) is 0 Å². The zero-order chi connectivity index (χ0) is 16.3. The Bertz CT molecular complexity index is 698. The fourth-order valence-corrected chi connectivity index (χ4v) is 6.17. The highest BCUT2D eigenvalue weighted by atomic mass is 79.9. The fraction of sp³-hybridized carbons (Fsp3) is 0. The van der Waals surface area contributed by atoms with Crippen LogP contribution in [-0.2, 0) is 0 Å². The van der Waals surface area contributed by atoms with Gasteiger partial charge in [0.05, 0.1) is 35.8 Å². The third kappa shape index (κ3) is 2.85. The molecule has 0 saturated carbocycles. The number of halogens is 8. The van der Waals surface area contributed by atoms with Crippen LogP contribution in [0.25, 0.3) is 0 Å². The summed E-state index contributed by atoms with van der Waals surface area (Å²) in [6.07, 6.45) is 0. The molecule has 1 aliphatic heterocycles. The van der Waals surface area contributed by atoms with E-state index in [4.69, 9.17) is 9.47 Å². The van der Waals surface area contributed by atoms with Crippen molar-refractivity contribution in [2.45, 2.75) is 0 Å². The van der Waals surface area contributed by atoms with Crippen molar-refractivity contribution in [2.24, 2.45) is 0 Å². The molecule has 2 aromatic rings. The molecule has 0 atom stereocenters. The van der Waals surface area contributed by atoms with Crippen molar-refractivity contribution >= 4 is 127 Å². The van der Waals surface area contributed by atoms with Crippen LogP contribution in [0.2, 0.25) is 0 Å². The average Bonchev–Trinajstić information content (AvgIpc) is 2.52. The number of hydrogen-bond acceptors (Lipinski definition) is 2. The van der Waals surface area contributed by atoms with Crippen molar-refractivity contribution in [1.82, 2.24) is 0 Å². The van der Waals surface area contributed by atoms with Gasteiger partial charge in [-0.05, 0) is 127 Å². The van der Waals surface area contributed by atoms with Crippen molar-refractivity contribution in [3.63, 3.8) is 0 Å². The maximum atomic E-state index is 6.09. The molecular weight excluding hydrogens is 827 g/mol. The van der Waals surface area contributed by atoms with Gasteiger partial charge in [0.2, 0.25) is 0 Å². The third-order valence-electron chi connectivity index (χ3n) is 2.77. The predicted molar refractivity (Wildman–Crippen MR) is 115 cm³/mol. The van der Waals surface area contributed by atoms with Crippen molar-refractivity contribution < 1.29 is 9.47 Å². The molecule has 1 heterocycles. The maximum absolute atomic E-state index is 6.09. The van der Waals surface area contributed by atoms with E-state index in [1.165, 1.54) is 0 Å². The Kier molecular flexibility index (Phi) is 5.84. The molecule has 116 valence electrons. The predicted octanol–water partition coefficient (Wildman–Crippen LogP) is 9.68. The van der Waals surface area contributed by atoms with E-state index < -0.39 is 0 Å². The summed E-state index contributed by atoms with van der Waals surface area (Å²) in [7, 11) is 0. The van der Waals surface area contributed by atoms with Gasteiger partial charge in [-0.15, -0.1) is 0 Å². The summed E-state index contributed by atoms with van der Waals surface area (Å²) in [4.78, 5) is 0. The molecule has 0 saturated heterocycles. The molecule has 3 rings (SSSR count). The topological polar surface area (TPSA) is 18.5 Å². The van der Waals surface area contributed by atoms with E-state index in [0.717, 1.165) is 35.8 Å². The minimum Gasteiger partial charge on any atom is -0.447 e. The van der Waals surface area contributed by atoms with E-state index in [1.54, 1.807) is 0 Å². The largest absolute Gasteiger partial charge is 0.447 e. The van der Waals surface area contributed by atoms with E-state index in [-0.39, 0.29) is 0 Å². The molecule has 22 heavy (non-hydrogen) atoms. The molecule has 10 heteroatoms. The van der Waals surface area contributed by atoms with Crippen molar-refractivity contribution in [2.75, 3.05) is 0 Å². The minimum atomic E-state index is 0.580. The molecule has 0 spiro atoms. The first-order valence-corrected chi connectivity index (χ1v) is 11.7. The van der Waals surface area contributed by atoms with E-state index in [1.807, 2.05) is 0 Å². The Morgan fingerprint density at radius 1 is 0.318 bits per heavy atom. The standard InChI is InChI=1S/C12Br8O2/c13-1-2(14)6(18)10-9(5(1)17)21-11-7(19)3(15)4(16)8(20)12(11)22-10/i1+1,2+1,3+1,4+1,5+1,6+1,7+1,8+1,9+1,10+1,11+1,12+1. The van der Waals surface area contributed by atoms with Gasteiger partial charge in [-0.2, -0.15) is 0 Å². The highest BCUT2D eigenvalue weighted by Gasteiger charge is 2.32. The molecule has 2 nitrogen and oxygen atoms in total. The first-order chi connectivity index (χ1) is 10.3. The van der Waals surface area contributed by atoms with Crippen molar-refractivity contribution in [3.8, 4) is 23.0 Å². The summed E-state index contributed by atoms with van der Waals surface area (Å²) in [5, 5.41) is 0. The van der Waals surface area contributed by atoms with Gasteiger partial charge in [-0.25, -0.2) is 0 Å². The van der Waals surface area contributed by atoms with Crippen molar-refractivity contribution in [1.29, 1.82) is 0 Å². The SMILES string of the molecule is Br[13c]1[13c](Br)[13c](Br)[13c]2[13c]([13c]1Br)O[13c]1[13c](Br)[13c](Br)[13c](Br)[13c](Br)[13c]1O2. The van der Waals surface area contributed by atoms with E-state index in [9.17, 15) is 0 Å². The lowest BCUT2D eigenvalue weighted by Gasteiger charge is -2.26. The lowest BCUT2D eigenvalue weighted by Crippen LogP contribution is -2.04. The molecule has 0 fully saturated rings. The lowest BCUT2D eigenvalue weighted by molar-refractivity contribution is 0.351. The van der Waals surface area contributed by atoms with Crippen LogP contribution in [0.4, 0.5) is 0 Å². The second-order valence-corrected chi connectivity index (χ2v) is 10.4. The monoisotopic (exact) mass is 819 g/mol. The number of fused-ring (bicyclic) bond motifs is 2. The van der Waals surface area contributed by atoms with Gasteiger partial charge in [-0.3, -0.25) is 0 Å². The van der Waals surface area contributed by atoms with Crippen LogP contribution in [0.15, 0.2) is 35.8 Å². The molecule has 2 aromatic carbocycles. The normalized spacial score (nSPS) is 12.4. The van der Waals surface area contributed by atoms with E-state index in [0.29, 0.717) is 23.0 Å². The zero-order valence-electron chi connectivity index (χ0n) is 9.84. The second kappa shape index (κ2) is 6.89. The summed E-state index contributed by atoms with van der Waals surface area (Å²) in [6, 6.07) is 0. The summed E-state index contributed by atoms with van der Waals surface area (Å²) >= 11 is 28.2. The molecule has 0 N–H and O–H groups in total. The summed E-state index contributed by atoms with van der Waals surface area (Å²) in [5.41, 5.74) is 0.